The van der Waals surface area contributed by atoms with Crippen molar-refractivity contribution in [2.45, 2.75) is 39.8 Å². The summed E-state index contributed by atoms with van der Waals surface area (Å²) in [7, 11) is 0. The molecule has 0 aliphatic heterocycles. The highest BCUT2D eigenvalue weighted by Gasteiger charge is 2.23. The van der Waals surface area contributed by atoms with Crippen molar-refractivity contribution >= 4 is 11.6 Å². The van der Waals surface area contributed by atoms with E-state index in [-0.39, 0.29) is 17.3 Å². The average Bonchev–Trinajstić information content (AvgIpc) is 2.27. The van der Waals surface area contributed by atoms with Gasteiger partial charge in [-0.1, -0.05) is 20.8 Å². The number of halogens is 3. The number of benzene rings is 1. The van der Waals surface area contributed by atoms with Crippen molar-refractivity contribution in [2.75, 3.05) is 5.88 Å². The zero-order chi connectivity index (χ0) is 13.8. The molecule has 0 aliphatic rings. The van der Waals surface area contributed by atoms with E-state index in [4.69, 9.17) is 11.6 Å². The molecule has 1 nitrogen and oxygen atoms in total. The van der Waals surface area contributed by atoms with Crippen LogP contribution in [0, 0.1) is 17.0 Å². The molecular formula is C14H20ClF2N. The van der Waals surface area contributed by atoms with E-state index >= 15 is 0 Å². The van der Waals surface area contributed by atoms with Crippen LogP contribution in [0.25, 0.3) is 0 Å². The first kappa shape index (κ1) is 15.4. The third-order valence-corrected chi connectivity index (χ3v) is 3.21. The van der Waals surface area contributed by atoms with Crippen LogP contribution in [0.2, 0.25) is 0 Å². The fraction of sp³-hybridized carbons (Fsp3) is 0.571. The minimum absolute atomic E-state index is 0.0265. The largest absolute Gasteiger partial charge is 0.309 e. The first-order valence-corrected chi connectivity index (χ1v) is 6.61. The summed E-state index contributed by atoms with van der Waals surface area (Å²) < 4.78 is 26.5. The summed E-state index contributed by atoms with van der Waals surface area (Å²) in [6, 6.07) is 3.67. The first-order valence-electron chi connectivity index (χ1n) is 6.08. The fourth-order valence-corrected chi connectivity index (χ4v) is 2.08. The molecule has 1 aromatic carbocycles. The summed E-state index contributed by atoms with van der Waals surface area (Å²) in [5.74, 6) is -0.263. The third kappa shape index (κ3) is 4.54. The Hall–Kier alpha value is -0.670. The second kappa shape index (κ2) is 6.48. The zero-order valence-corrected chi connectivity index (χ0v) is 11.8. The van der Waals surface area contributed by atoms with E-state index in [1.807, 2.05) is 0 Å². The minimum Gasteiger partial charge on any atom is -0.309 e. The van der Waals surface area contributed by atoms with Gasteiger partial charge >= 0.3 is 0 Å². The molecule has 0 radical (unpaired) electrons. The summed E-state index contributed by atoms with van der Waals surface area (Å²) >= 11 is 5.77. The highest BCUT2D eigenvalue weighted by molar-refractivity contribution is 6.17. The molecule has 1 unspecified atom stereocenters. The zero-order valence-electron chi connectivity index (χ0n) is 11.1. The van der Waals surface area contributed by atoms with Crippen molar-refractivity contribution in [3.63, 3.8) is 0 Å². The van der Waals surface area contributed by atoms with Crippen LogP contribution in [0.3, 0.4) is 0 Å². The van der Waals surface area contributed by atoms with E-state index in [2.05, 4.69) is 26.1 Å². The molecule has 0 saturated heterocycles. The monoisotopic (exact) mass is 275 g/mol. The van der Waals surface area contributed by atoms with Crippen molar-refractivity contribution in [2.24, 2.45) is 5.41 Å². The summed E-state index contributed by atoms with van der Waals surface area (Å²) in [5.41, 5.74) is 0.373. The van der Waals surface area contributed by atoms with Gasteiger partial charge in [0.15, 0.2) is 0 Å². The maximum atomic E-state index is 13.5. The van der Waals surface area contributed by atoms with E-state index in [9.17, 15) is 8.78 Å². The van der Waals surface area contributed by atoms with Crippen molar-refractivity contribution in [3.8, 4) is 0 Å². The van der Waals surface area contributed by atoms with Gasteiger partial charge in [-0.3, -0.25) is 0 Å². The van der Waals surface area contributed by atoms with Gasteiger partial charge < -0.3 is 5.32 Å². The standard InChI is InChI=1S/C14H20ClF2N/c1-14(2,3)13(6-7-15)18-9-10-8-11(16)4-5-12(10)17/h4-5,8,13,18H,6-7,9H2,1-3H3. The lowest BCUT2D eigenvalue weighted by atomic mass is 9.85. The third-order valence-electron chi connectivity index (χ3n) is 2.99. The molecule has 0 spiro atoms. The maximum Gasteiger partial charge on any atom is 0.127 e. The SMILES string of the molecule is CC(C)(C)C(CCCl)NCc1cc(F)ccc1F. The molecule has 0 amide bonds. The number of hydrogen-bond acceptors (Lipinski definition) is 1. The van der Waals surface area contributed by atoms with Gasteiger partial charge in [-0.15, -0.1) is 11.6 Å². The van der Waals surface area contributed by atoms with E-state index in [0.717, 1.165) is 18.6 Å². The number of rotatable bonds is 5. The van der Waals surface area contributed by atoms with Crippen LogP contribution >= 0.6 is 11.6 Å². The Morgan fingerprint density at radius 3 is 2.50 bits per heavy atom. The van der Waals surface area contributed by atoms with E-state index in [0.29, 0.717) is 18.0 Å². The Labute approximate surface area is 113 Å². The lowest BCUT2D eigenvalue weighted by Crippen LogP contribution is -2.40. The molecule has 1 rings (SSSR count). The van der Waals surface area contributed by atoms with Gasteiger partial charge in [0.05, 0.1) is 0 Å². The Morgan fingerprint density at radius 1 is 1.28 bits per heavy atom. The van der Waals surface area contributed by atoms with Crippen molar-refractivity contribution in [1.82, 2.24) is 5.32 Å². The normalized spacial score (nSPS) is 13.7. The molecule has 0 bridgehead atoms. The average molecular weight is 276 g/mol. The molecular weight excluding hydrogens is 256 g/mol. The topological polar surface area (TPSA) is 12.0 Å². The van der Waals surface area contributed by atoms with Crippen LogP contribution in [0.1, 0.15) is 32.8 Å². The van der Waals surface area contributed by atoms with Gasteiger partial charge in [0.25, 0.3) is 0 Å². The molecule has 1 atom stereocenters. The van der Waals surface area contributed by atoms with E-state index in [1.54, 1.807) is 0 Å². The number of nitrogens with one attached hydrogen (secondary N) is 1. The molecule has 0 aromatic heterocycles. The quantitative estimate of drug-likeness (QED) is 0.798. The number of alkyl halides is 1. The Morgan fingerprint density at radius 2 is 1.94 bits per heavy atom. The summed E-state index contributed by atoms with van der Waals surface area (Å²) in [4.78, 5) is 0. The first-order chi connectivity index (χ1) is 8.34. The van der Waals surface area contributed by atoms with Crippen LogP contribution in [0.15, 0.2) is 18.2 Å². The molecule has 1 aromatic rings. The predicted octanol–water partition coefficient (Wildman–Crippen LogP) is 4.10. The molecule has 0 aliphatic carbocycles. The van der Waals surface area contributed by atoms with Gasteiger partial charge in [-0.25, -0.2) is 8.78 Å². The lowest BCUT2D eigenvalue weighted by molar-refractivity contribution is 0.259. The van der Waals surface area contributed by atoms with Crippen LogP contribution < -0.4 is 5.32 Å². The van der Waals surface area contributed by atoms with E-state index in [1.165, 1.54) is 6.07 Å². The molecule has 18 heavy (non-hydrogen) atoms. The summed E-state index contributed by atoms with van der Waals surface area (Å²) in [6.07, 6.45) is 0.794. The maximum absolute atomic E-state index is 13.5. The van der Waals surface area contributed by atoms with Crippen LogP contribution in [-0.4, -0.2) is 11.9 Å². The fourth-order valence-electron chi connectivity index (χ4n) is 1.86. The highest BCUT2D eigenvalue weighted by atomic mass is 35.5. The molecule has 0 fully saturated rings. The van der Waals surface area contributed by atoms with Gasteiger partial charge in [0.1, 0.15) is 11.6 Å². The van der Waals surface area contributed by atoms with Gasteiger partial charge in [0, 0.05) is 24.0 Å². The molecule has 0 heterocycles. The van der Waals surface area contributed by atoms with Gasteiger partial charge in [0.2, 0.25) is 0 Å². The van der Waals surface area contributed by atoms with Gasteiger partial charge in [-0.2, -0.15) is 0 Å². The smallest absolute Gasteiger partial charge is 0.127 e. The van der Waals surface area contributed by atoms with Crippen LogP contribution in [0.5, 0.6) is 0 Å². The summed E-state index contributed by atoms with van der Waals surface area (Å²) in [6.45, 7) is 6.60. The predicted molar refractivity (Wildman–Crippen MR) is 71.8 cm³/mol. The molecule has 102 valence electrons. The van der Waals surface area contributed by atoms with Gasteiger partial charge in [-0.05, 0) is 30.0 Å². The van der Waals surface area contributed by atoms with Crippen molar-refractivity contribution in [1.29, 1.82) is 0 Å². The lowest BCUT2D eigenvalue weighted by Gasteiger charge is -2.31. The van der Waals surface area contributed by atoms with Crippen molar-refractivity contribution < 1.29 is 8.78 Å². The Bertz CT molecular complexity index is 388. The van der Waals surface area contributed by atoms with Crippen LogP contribution in [0.4, 0.5) is 8.78 Å². The second-order valence-electron chi connectivity index (χ2n) is 5.51. The van der Waals surface area contributed by atoms with Crippen molar-refractivity contribution in [3.05, 3.63) is 35.4 Å². The van der Waals surface area contributed by atoms with Crippen LogP contribution in [-0.2, 0) is 6.54 Å². The van der Waals surface area contributed by atoms with E-state index < -0.39 is 5.82 Å². The Balaban J connectivity index is 2.70. The minimum atomic E-state index is -0.419. The Kier molecular flexibility index (Phi) is 5.54. The molecule has 0 saturated carbocycles. The molecule has 4 heteroatoms. The highest BCUT2D eigenvalue weighted by Crippen LogP contribution is 2.23. The number of hydrogen-bond donors (Lipinski definition) is 1. The second-order valence-corrected chi connectivity index (χ2v) is 5.89. The molecule has 1 N–H and O–H groups in total. The summed E-state index contributed by atoms with van der Waals surface area (Å²) in [5, 5.41) is 3.25.